The predicted octanol–water partition coefficient (Wildman–Crippen LogP) is 1.98. The number of carbonyl (C=O) groups excluding carboxylic acids is 4. The first-order valence-corrected chi connectivity index (χ1v) is 8.47. The number of hydrogen-bond donors (Lipinski definition) is 1. The molecule has 0 radical (unpaired) electrons. The Morgan fingerprint density at radius 1 is 0.889 bits per heavy atom. The van der Waals surface area contributed by atoms with Crippen LogP contribution in [0.3, 0.4) is 0 Å². The molecule has 1 N–H and O–H groups in total. The van der Waals surface area contributed by atoms with Gasteiger partial charge in [0.25, 0.3) is 5.91 Å². The zero-order valence-electron chi connectivity index (χ0n) is 14.5. The van der Waals surface area contributed by atoms with Crippen LogP contribution in [0.15, 0.2) is 54.6 Å². The molecule has 0 saturated carbocycles. The fraction of sp³-hybridized carbons (Fsp3) is 0.200. The van der Waals surface area contributed by atoms with Gasteiger partial charge in [-0.3, -0.25) is 24.1 Å². The Bertz CT molecular complexity index is 846. The first-order valence-electron chi connectivity index (χ1n) is 8.47. The molecule has 0 aliphatic carbocycles. The number of esters is 1. The summed E-state index contributed by atoms with van der Waals surface area (Å²) in [7, 11) is 0. The molecule has 7 nitrogen and oxygen atoms in total. The minimum absolute atomic E-state index is 0.103. The molecule has 1 fully saturated rings. The highest BCUT2D eigenvalue weighted by Crippen LogP contribution is 2.21. The third-order valence-electron chi connectivity index (χ3n) is 4.08. The molecule has 3 rings (SSSR count). The molecule has 27 heavy (non-hydrogen) atoms. The number of ether oxygens (including phenoxy) is 1. The molecule has 1 saturated heterocycles. The van der Waals surface area contributed by atoms with Crippen LogP contribution >= 0.6 is 0 Å². The van der Waals surface area contributed by atoms with Crippen LogP contribution in [0.4, 0.5) is 5.69 Å². The van der Waals surface area contributed by atoms with Gasteiger partial charge in [-0.2, -0.15) is 0 Å². The zero-order chi connectivity index (χ0) is 19.2. The van der Waals surface area contributed by atoms with Gasteiger partial charge in [0.1, 0.15) is 6.54 Å². The Hall–Kier alpha value is -3.48. The number of nitrogens with one attached hydrogen (secondary N) is 1. The Morgan fingerprint density at radius 2 is 1.48 bits per heavy atom. The third-order valence-corrected chi connectivity index (χ3v) is 4.08. The Kier molecular flexibility index (Phi) is 5.61. The minimum atomic E-state index is -0.798. The van der Waals surface area contributed by atoms with Crippen LogP contribution in [0.25, 0.3) is 11.1 Å². The van der Waals surface area contributed by atoms with Crippen LogP contribution < -0.4 is 5.32 Å². The fourth-order valence-corrected chi connectivity index (χ4v) is 2.69. The highest BCUT2D eigenvalue weighted by atomic mass is 16.5. The second kappa shape index (κ2) is 8.27. The van der Waals surface area contributed by atoms with Crippen molar-refractivity contribution in [3.05, 3.63) is 54.6 Å². The predicted molar refractivity (Wildman–Crippen MR) is 97.4 cm³/mol. The summed E-state index contributed by atoms with van der Waals surface area (Å²) in [5.41, 5.74) is 2.65. The summed E-state index contributed by atoms with van der Waals surface area (Å²) in [6.45, 7) is -0.952. The minimum Gasteiger partial charge on any atom is -0.454 e. The molecule has 1 heterocycles. The smallest absolute Gasteiger partial charge is 0.326 e. The van der Waals surface area contributed by atoms with E-state index in [4.69, 9.17) is 4.74 Å². The van der Waals surface area contributed by atoms with E-state index >= 15 is 0 Å². The van der Waals surface area contributed by atoms with Gasteiger partial charge in [0.05, 0.1) is 0 Å². The van der Waals surface area contributed by atoms with Gasteiger partial charge in [0.15, 0.2) is 6.61 Å². The number of anilines is 1. The van der Waals surface area contributed by atoms with E-state index < -0.39 is 36.8 Å². The standard InChI is InChI=1S/C20H18N2O5/c23-17(13-27-20(26)12-22-18(24)10-11-19(22)25)21-16-8-6-15(7-9-16)14-4-2-1-3-5-14/h1-9H,10-13H2,(H,21,23). The molecule has 1 aliphatic heterocycles. The average Bonchev–Trinajstić information content (AvgIpc) is 3.00. The van der Waals surface area contributed by atoms with Crippen molar-refractivity contribution in [3.8, 4) is 11.1 Å². The summed E-state index contributed by atoms with van der Waals surface area (Å²) in [6.07, 6.45) is 0.206. The van der Waals surface area contributed by atoms with Crippen molar-refractivity contribution in [1.82, 2.24) is 4.90 Å². The van der Waals surface area contributed by atoms with Crippen LogP contribution in [-0.2, 0) is 23.9 Å². The fourth-order valence-electron chi connectivity index (χ4n) is 2.69. The molecule has 0 spiro atoms. The molecular weight excluding hydrogens is 348 g/mol. The molecular formula is C20H18N2O5. The van der Waals surface area contributed by atoms with E-state index in [2.05, 4.69) is 5.32 Å². The largest absolute Gasteiger partial charge is 0.454 e. The van der Waals surface area contributed by atoms with Gasteiger partial charge in [0.2, 0.25) is 11.8 Å². The molecule has 1 aliphatic rings. The topological polar surface area (TPSA) is 92.8 Å². The summed E-state index contributed by atoms with van der Waals surface area (Å²) in [6, 6.07) is 17.1. The third kappa shape index (κ3) is 4.78. The molecule has 7 heteroatoms. The normalized spacial score (nSPS) is 13.6. The van der Waals surface area contributed by atoms with E-state index in [1.807, 2.05) is 42.5 Å². The molecule has 3 amide bonds. The van der Waals surface area contributed by atoms with Gasteiger partial charge >= 0.3 is 5.97 Å². The molecule has 0 atom stereocenters. The van der Waals surface area contributed by atoms with Crippen molar-refractivity contribution in [1.29, 1.82) is 0 Å². The van der Waals surface area contributed by atoms with E-state index in [-0.39, 0.29) is 12.8 Å². The molecule has 0 aromatic heterocycles. The number of nitrogens with zero attached hydrogens (tertiary/aromatic N) is 1. The summed E-state index contributed by atoms with van der Waals surface area (Å²) in [5.74, 6) is -2.11. The van der Waals surface area contributed by atoms with Gasteiger partial charge in [-0.25, -0.2) is 0 Å². The van der Waals surface area contributed by atoms with Crippen LogP contribution in [0.5, 0.6) is 0 Å². The number of benzene rings is 2. The SMILES string of the molecule is O=C(COC(=O)CN1C(=O)CCC1=O)Nc1ccc(-c2ccccc2)cc1. The maximum Gasteiger partial charge on any atom is 0.326 e. The number of rotatable bonds is 6. The number of hydrogen-bond acceptors (Lipinski definition) is 5. The maximum absolute atomic E-state index is 11.9. The van der Waals surface area contributed by atoms with Gasteiger partial charge in [-0.05, 0) is 23.3 Å². The lowest BCUT2D eigenvalue weighted by molar-refractivity contribution is -0.153. The summed E-state index contributed by atoms with van der Waals surface area (Å²) in [4.78, 5) is 47.3. The van der Waals surface area contributed by atoms with Crippen LogP contribution in [0.1, 0.15) is 12.8 Å². The van der Waals surface area contributed by atoms with Crippen LogP contribution in [0, 0.1) is 0 Å². The molecule has 2 aromatic carbocycles. The summed E-state index contributed by atoms with van der Waals surface area (Å²) < 4.78 is 4.83. The van der Waals surface area contributed by atoms with Gasteiger partial charge in [0, 0.05) is 18.5 Å². The van der Waals surface area contributed by atoms with Crippen molar-refractivity contribution in [2.45, 2.75) is 12.8 Å². The van der Waals surface area contributed by atoms with Gasteiger partial charge < -0.3 is 10.1 Å². The average molecular weight is 366 g/mol. The lowest BCUT2D eigenvalue weighted by atomic mass is 10.1. The van der Waals surface area contributed by atoms with E-state index in [0.717, 1.165) is 16.0 Å². The van der Waals surface area contributed by atoms with Crippen LogP contribution in [-0.4, -0.2) is 41.7 Å². The van der Waals surface area contributed by atoms with E-state index in [1.165, 1.54) is 0 Å². The van der Waals surface area contributed by atoms with Crippen molar-refractivity contribution < 1.29 is 23.9 Å². The van der Waals surface area contributed by atoms with Crippen molar-refractivity contribution in [2.24, 2.45) is 0 Å². The number of carbonyl (C=O) groups is 4. The Labute approximate surface area is 155 Å². The lowest BCUT2D eigenvalue weighted by Crippen LogP contribution is -2.36. The highest BCUT2D eigenvalue weighted by Gasteiger charge is 2.31. The van der Waals surface area contributed by atoms with E-state index in [9.17, 15) is 19.2 Å². The van der Waals surface area contributed by atoms with E-state index in [1.54, 1.807) is 12.1 Å². The molecule has 138 valence electrons. The lowest BCUT2D eigenvalue weighted by Gasteiger charge is -2.12. The monoisotopic (exact) mass is 366 g/mol. The van der Waals surface area contributed by atoms with E-state index in [0.29, 0.717) is 5.69 Å². The Morgan fingerprint density at radius 3 is 2.11 bits per heavy atom. The summed E-state index contributed by atoms with van der Waals surface area (Å²) in [5, 5.41) is 2.62. The second-order valence-electron chi connectivity index (χ2n) is 6.03. The number of likely N-dealkylation sites (tertiary alicyclic amines) is 1. The van der Waals surface area contributed by atoms with Crippen molar-refractivity contribution >= 4 is 29.4 Å². The quantitative estimate of drug-likeness (QED) is 0.623. The first-order chi connectivity index (χ1) is 13.0. The maximum atomic E-state index is 11.9. The zero-order valence-corrected chi connectivity index (χ0v) is 14.5. The highest BCUT2D eigenvalue weighted by molar-refractivity contribution is 6.04. The molecule has 0 bridgehead atoms. The second-order valence-corrected chi connectivity index (χ2v) is 6.03. The van der Waals surface area contributed by atoms with Crippen molar-refractivity contribution in [2.75, 3.05) is 18.5 Å². The number of imide groups is 1. The number of amides is 3. The first kappa shape index (κ1) is 18.3. The summed E-state index contributed by atoms with van der Waals surface area (Å²) >= 11 is 0. The van der Waals surface area contributed by atoms with Gasteiger partial charge in [-0.1, -0.05) is 42.5 Å². The van der Waals surface area contributed by atoms with Crippen LogP contribution in [0.2, 0.25) is 0 Å². The van der Waals surface area contributed by atoms with Gasteiger partial charge in [-0.15, -0.1) is 0 Å². The molecule has 0 unspecified atom stereocenters. The molecule has 2 aromatic rings. The Balaban J connectivity index is 1.47. The van der Waals surface area contributed by atoms with Crippen molar-refractivity contribution in [3.63, 3.8) is 0 Å².